The van der Waals surface area contributed by atoms with Gasteiger partial charge < -0.3 is 14.4 Å². The van der Waals surface area contributed by atoms with E-state index in [1.165, 1.54) is 9.58 Å². The number of aromatic nitrogens is 3. The first-order valence-corrected chi connectivity index (χ1v) is 12.8. The standard InChI is InChI=1S/C29H21N5O5/c35-27-24-21-11-9-16-5-1-3-7-19(16)33(21)26(29(37)34-20-8-4-2-6-18(20)30-31-34)25(24)28(36)32(27)17-10-12-22-23(15-17)39-14-13-38-22/h1-12,15,21,24-26H,13-14H2/t21-,24-,25-,26+/m0/s1. The zero-order chi connectivity index (χ0) is 26.2. The number of ether oxygens (including phenoxy) is 2. The van der Waals surface area contributed by atoms with Gasteiger partial charge in [-0.1, -0.05) is 47.7 Å². The quantitative estimate of drug-likeness (QED) is 0.372. The molecule has 39 heavy (non-hydrogen) atoms. The van der Waals surface area contributed by atoms with Crippen LogP contribution in [0.25, 0.3) is 17.1 Å². The normalized spacial score (nSPS) is 24.6. The van der Waals surface area contributed by atoms with Gasteiger partial charge >= 0.3 is 0 Å². The summed E-state index contributed by atoms with van der Waals surface area (Å²) in [5, 5.41) is 8.30. The molecule has 4 atom stereocenters. The molecule has 0 aliphatic carbocycles. The van der Waals surface area contributed by atoms with Crippen LogP contribution < -0.4 is 19.3 Å². The summed E-state index contributed by atoms with van der Waals surface area (Å²) in [6.07, 6.45) is 3.88. The average molecular weight is 520 g/mol. The lowest BCUT2D eigenvalue weighted by Crippen LogP contribution is -2.50. The topological polar surface area (TPSA) is 107 Å². The number of amides is 2. The first kappa shape index (κ1) is 22.0. The van der Waals surface area contributed by atoms with Crippen LogP contribution in [0.15, 0.2) is 72.8 Å². The fourth-order valence-corrected chi connectivity index (χ4v) is 6.38. The number of hydrogen-bond acceptors (Lipinski definition) is 8. The predicted octanol–water partition coefficient (Wildman–Crippen LogP) is 2.93. The molecule has 2 saturated heterocycles. The minimum atomic E-state index is -0.963. The molecular weight excluding hydrogens is 498 g/mol. The SMILES string of the molecule is O=C1[C@@H]2[C@H](C(=O)N1c1ccc3c(c1)OCCO3)[C@H](C(=O)n1nnc3ccccc31)N1c3ccccc3C=C[C@@H]21. The van der Waals surface area contributed by atoms with Crippen molar-refractivity contribution >= 4 is 46.2 Å². The van der Waals surface area contributed by atoms with Crippen molar-refractivity contribution in [3.05, 3.63) is 78.4 Å². The number of carbonyl (C=O) groups is 3. The summed E-state index contributed by atoms with van der Waals surface area (Å²) in [5.41, 5.74) is 3.23. The highest BCUT2D eigenvalue weighted by molar-refractivity contribution is 6.25. The van der Waals surface area contributed by atoms with Gasteiger partial charge in [0.25, 0.3) is 5.91 Å². The van der Waals surface area contributed by atoms with Crippen molar-refractivity contribution in [3.63, 3.8) is 0 Å². The van der Waals surface area contributed by atoms with Crippen molar-refractivity contribution in [1.29, 1.82) is 0 Å². The fourth-order valence-electron chi connectivity index (χ4n) is 6.38. The van der Waals surface area contributed by atoms with Crippen molar-refractivity contribution in [2.24, 2.45) is 11.8 Å². The Morgan fingerprint density at radius 1 is 0.872 bits per heavy atom. The van der Waals surface area contributed by atoms with Gasteiger partial charge in [-0.3, -0.25) is 14.4 Å². The average Bonchev–Trinajstić information content (AvgIpc) is 3.63. The molecule has 0 spiro atoms. The van der Waals surface area contributed by atoms with Crippen molar-refractivity contribution in [2.75, 3.05) is 23.0 Å². The smallest absolute Gasteiger partial charge is 0.272 e. The van der Waals surface area contributed by atoms with Gasteiger partial charge in [0.2, 0.25) is 11.8 Å². The molecule has 8 rings (SSSR count). The molecule has 0 radical (unpaired) electrons. The van der Waals surface area contributed by atoms with E-state index in [1.807, 2.05) is 53.5 Å². The molecule has 4 aliphatic rings. The van der Waals surface area contributed by atoms with E-state index in [4.69, 9.17) is 9.47 Å². The number of benzene rings is 3. The maximum atomic E-state index is 14.3. The molecule has 10 heteroatoms. The number of nitrogens with zero attached hydrogens (tertiary/aromatic N) is 5. The Labute approximate surface area is 222 Å². The highest BCUT2D eigenvalue weighted by atomic mass is 16.6. The maximum Gasteiger partial charge on any atom is 0.272 e. The molecule has 0 saturated carbocycles. The van der Waals surface area contributed by atoms with Gasteiger partial charge in [0, 0.05) is 11.8 Å². The van der Waals surface area contributed by atoms with Crippen LogP contribution in [0.5, 0.6) is 11.5 Å². The van der Waals surface area contributed by atoms with E-state index in [1.54, 1.807) is 30.3 Å². The monoisotopic (exact) mass is 519 g/mol. The van der Waals surface area contributed by atoms with Crippen molar-refractivity contribution in [1.82, 2.24) is 15.0 Å². The summed E-state index contributed by atoms with van der Waals surface area (Å²) in [6, 6.07) is 18.4. The molecule has 1 aromatic heterocycles. The Bertz CT molecular complexity index is 1740. The van der Waals surface area contributed by atoms with Gasteiger partial charge in [-0.2, -0.15) is 4.68 Å². The minimum absolute atomic E-state index is 0.348. The first-order chi connectivity index (χ1) is 19.1. The van der Waals surface area contributed by atoms with Crippen LogP contribution in [0.3, 0.4) is 0 Å². The zero-order valence-corrected chi connectivity index (χ0v) is 20.5. The number of fused-ring (bicyclic) bond motifs is 7. The summed E-state index contributed by atoms with van der Waals surface area (Å²) in [7, 11) is 0. The Balaban J connectivity index is 1.27. The highest BCUT2D eigenvalue weighted by Crippen LogP contribution is 2.50. The molecule has 4 aromatic rings. The predicted molar refractivity (Wildman–Crippen MR) is 141 cm³/mol. The molecule has 10 nitrogen and oxygen atoms in total. The lowest BCUT2D eigenvalue weighted by molar-refractivity contribution is -0.122. The van der Waals surface area contributed by atoms with Crippen LogP contribution in [0.2, 0.25) is 0 Å². The van der Waals surface area contributed by atoms with E-state index >= 15 is 0 Å². The lowest BCUT2D eigenvalue weighted by atomic mass is 9.88. The van der Waals surface area contributed by atoms with E-state index in [9.17, 15) is 14.4 Å². The summed E-state index contributed by atoms with van der Waals surface area (Å²) in [5.74, 6) is -1.80. The van der Waals surface area contributed by atoms with Crippen LogP contribution in [0.1, 0.15) is 10.4 Å². The number of anilines is 2. The van der Waals surface area contributed by atoms with E-state index in [0.717, 1.165) is 11.3 Å². The molecule has 2 fully saturated rings. The molecule has 0 unspecified atom stereocenters. The van der Waals surface area contributed by atoms with Crippen LogP contribution >= 0.6 is 0 Å². The summed E-state index contributed by atoms with van der Waals surface area (Å²) in [6.45, 7) is 0.817. The van der Waals surface area contributed by atoms with Crippen LogP contribution in [-0.4, -0.2) is 58.0 Å². The lowest BCUT2D eigenvalue weighted by Gasteiger charge is -2.36. The van der Waals surface area contributed by atoms with Gasteiger partial charge in [-0.15, -0.1) is 5.10 Å². The molecule has 0 bridgehead atoms. The Kier molecular flexibility index (Phi) is 4.52. The Morgan fingerprint density at radius 3 is 2.54 bits per heavy atom. The van der Waals surface area contributed by atoms with Gasteiger partial charge in [0.05, 0.1) is 29.1 Å². The van der Waals surface area contributed by atoms with Crippen molar-refractivity contribution in [3.8, 4) is 11.5 Å². The molecule has 2 amide bonds. The third-order valence-electron chi connectivity index (χ3n) is 8.01. The van der Waals surface area contributed by atoms with E-state index in [0.29, 0.717) is 41.4 Å². The van der Waals surface area contributed by atoms with Gasteiger partial charge in [0.15, 0.2) is 11.5 Å². The Morgan fingerprint density at radius 2 is 1.64 bits per heavy atom. The van der Waals surface area contributed by atoms with Crippen LogP contribution in [0.4, 0.5) is 11.4 Å². The number of imide groups is 1. The first-order valence-electron chi connectivity index (χ1n) is 12.8. The second-order valence-electron chi connectivity index (χ2n) is 9.98. The van der Waals surface area contributed by atoms with Crippen LogP contribution in [0, 0.1) is 11.8 Å². The fraction of sp³-hybridized carbons (Fsp3) is 0.207. The van der Waals surface area contributed by atoms with Crippen molar-refractivity contribution in [2.45, 2.75) is 12.1 Å². The van der Waals surface area contributed by atoms with E-state index in [2.05, 4.69) is 10.3 Å². The molecule has 192 valence electrons. The maximum absolute atomic E-state index is 14.3. The van der Waals surface area contributed by atoms with Crippen molar-refractivity contribution < 1.29 is 23.9 Å². The number of carbonyl (C=O) groups excluding carboxylic acids is 3. The second-order valence-corrected chi connectivity index (χ2v) is 9.98. The molecule has 4 aliphatic heterocycles. The summed E-state index contributed by atoms with van der Waals surface area (Å²) in [4.78, 5) is 45.6. The van der Waals surface area contributed by atoms with E-state index < -0.39 is 35.7 Å². The molecule has 5 heterocycles. The largest absolute Gasteiger partial charge is 0.486 e. The Hall–Kier alpha value is -4.99. The van der Waals surface area contributed by atoms with Gasteiger partial charge in [-0.25, -0.2) is 4.90 Å². The second kappa shape index (κ2) is 8.00. The number of para-hydroxylation sites is 2. The summed E-state index contributed by atoms with van der Waals surface area (Å²) >= 11 is 0. The molecule has 3 aromatic carbocycles. The highest BCUT2D eigenvalue weighted by Gasteiger charge is 2.64. The third kappa shape index (κ3) is 2.99. The zero-order valence-electron chi connectivity index (χ0n) is 20.5. The summed E-state index contributed by atoms with van der Waals surface area (Å²) < 4.78 is 12.6. The van der Waals surface area contributed by atoms with E-state index in [-0.39, 0.29) is 5.91 Å². The minimum Gasteiger partial charge on any atom is -0.486 e. The van der Waals surface area contributed by atoms with Gasteiger partial charge in [-0.05, 0) is 35.9 Å². The van der Waals surface area contributed by atoms with Crippen LogP contribution in [-0.2, 0) is 9.59 Å². The third-order valence-corrected chi connectivity index (χ3v) is 8.01. The number of rotatable bonds is 2. The molecular formula is C29H21N5O5. The molecule has 0 N–H and O–H groups in total. The van der Waals surface area contributed by atoms with Gasteiger partial charge in [0.1, 0.15) is 24.8 Å². The number of hydrogen-bond donors (Lipinski definition) is 0.